The number of allylic oxidation sites excluding steroid dienone is 4. The molecule has 9 heteroatoms. The van der Waals surface area contributed by atoms with E-state index in [0.717, 1.165) is 51.4 Å². The van der Waals surface area contributed by atoms with Crippen LogP contribution in [0, 0.1) is 0 Å². The van der Waals surface area contributed by atoms with Crippen LogP contribution < -0.4 is 11.1 Å². The number of carbonyl (C=O) groups excluding carboxylic acids is 1. The van der Waals surface area contributed by atoms with Crippen molar-refractivity contribution in [1.82, 2.24) is 5.32 Å². The number of aliphatic hydroxyl groups is 1. The maximum atomic E-state index is 12.8. The third-order valence-electron chi connectivity index (χ3n) is 11.1. The number of nitrogens with one attached hydrogen (secondary N) is 1. The van der Waals surface area contributed by atoms with Crippen LogP contribution >= 0.6 is 7.82 Å². The predicted octanol–water partition coefficient (Wildman–Crippen LogP) is 14.1. The molecule has 0 aliphatic rings. The highest BCUT2D eigenvalue weighted by Gasteiger charge is 2.27. The fraction of sp³-hybridized carbons (Fsp3) is 0.896. The molecule has 0 aliphatic heterocycles. The molecule has 0 bridgehead atoms. The lowest BCUT2D eigenvalue weighted by molar-refractivity contribution is -0.123. The molecule has 0 spiro atoms. The van der Waals surface area contributed by atoms with Gasteiger partial charge in [0.05, 0.1) is 25.4 Å². The van der Waals surface area contributed by atoms with Crippen LogP contribution in [0.25, 0.3) is 0 Å². The average Bonchev–Trinajstić information content (AvgIpc) is 3.20. The molecule has 8 nitrogen and oxygen atoms in total. The number of rotatable bonds is 46. The van der Waals surface area contributed by atoms with Crippen LogP contribution in [0.3, 0.4) is 0 Å². The molecule has 5 N–H and O–H groups in total. The molecule has 0 saturated carbocycles. The van der Waals surface area contributed by atoms with Crippen LogP contribution in [0.15, 0.2) is 24.3 Å². The largest absolute Gasteiger partial charge is 0.472 e. The van der Waals surface area contributed by atoms with E-state index in [1.54, 1.807) is 0 Å². The highest BCUT2D eigenvalue weighted by atomic mass is 31.2. The first-order valence-corrected chi connectivity index (χ1v) is 25.9. The van der Waals surface area contributed by atoms with Crippen LogP contribution in [-0.2, 0) is 18.4 Å². The Morgan fingerprint density at radius 2 is 0.965 bits per heavy atom. The molecule has 0 fully saturated rings. The van der Waals surface area contributed by atoms with Crippen molar-refractivity contribution < 1.29 is 28.4 Å². The molecule has 0 aromatic rings. The van der Waals surface area contributed by atoms with Crippen molar-refractivity contribution in [2.45, 2.75) is 257 Å². The molecule has 1 amide bonds. The Balaban J connectivity index is 4.09. The molecule has 338 valence electrons. The molecule has 57 heavy (non-hydrogen) atoms. The molecular weight excluding hydrogens is 732 g/mol. The van der Waals surface area contributed by atoms with E-state index < -0.39 is 20.0 Å². The second-order valence-electron chi connectivity index (χ2n) is 16.7. The van der Waals surface area contributed by atoms with Gasteiger partial charge >= 0.3 is 7.82 Å². The van der Waals surface area contributed by atoms with Crippen molar-refractivity contribution in [3.8, 4) is 0 Å². The zero-order chi connectivity index (χ0) is 41.8. The predicted molar refractivity (Wildman–Crippen MR) is 245 cm³/mol. The minimum Gasteiger partial charge on any atom is -0.391 e. The number of aliphatic hydroxyl groups excluding tert-OH is 1. The summed E-state index contributed by atoms with van der Waals surface area (Å²) in [6.45, 7) is 4.21. The van der Waals surface area contributed by atoms with Crippen LogP contribution in [0.2, 0.25) is 0 Å². The normalized spacial score (nSPS) is 14.1. The second kappa shape index (κ2) is 44.5. The topological polar surface area (TPSA) is 131 Å². The lowest BCUT2D eigenvalue weighted by Gasteiger charge is -2.25. The van der Waals surface area contributed by atoms with Crippen LogP contribution in [0.4, 0.5) is 0 Å². The van der Waals surface area contributed by atoms with Crippen LogP contribution in [-0.4, -0.2) is 47.8 Å². The number of carbonyl (C=O) groups is 1. The SMILES string of the molecule is CCCCCC/C=C\C/C=C\CCCCCCCCCC(=O)NC(COP(=O)(O)OCCN)C(O)CCCCCCCCCCCCCCCCCCCCCC. The highest BCUT2D eigenvalue weighted by Crippen LogP contribution is 2.43. The maximum absolute atomic E-state index is 12.8. The third kappa shape index (κ3) is 42.9. The summed E-state index contributed by atoms with van der Waals surface area (Å²) in [7, 11) is -4.32. The standard InChI is InChI=1S/C48H95N2O6P/c1-3-5-7-9-11-13-15-17-19-21-23-24-25-27-29-31-33-35-37-39-41-47(51)46(45-56-57(53,54)55-44-43-49)50-48(52)42-40-38-36-34-32-30-28-26-22-20-18-16-14-12-10-8-6-4-2/h14,16,20,22,46-47,51H,3-13,15,17-19,21,23-45,49H2,1-2H3,(H,50,52)(H,53,54)/b16-14-,22-20-. The summed E-state index contributed by atoms with van der Waals surface area (Å²) in [5.74, 6) is -0.167. The Bertz CT molecular complexity index is 948. The number of nitrogens with two attached hydrogens (primary N) is 1. The fourth-order valence-electron chi connectivity index (χ4n) is 7.34. The summed E-state index contributed by atoms with van der Waals surface area (Å²) >= 11 is 0. The molecule has 3 atom stereocenters. The Hall–Kier alpha value is -1.02. The number of phosphoric ester groups is 1. The second-order valence-corrected chi connectivity index (χ2v) is 18.1. The molecule has 3 unspecified atom stereocenters. The molecule has 0 saturated heterocycles. The van der Waals surface area contributed by atoms with Crippen LogP contribution in [0.1, 0.15) is 245 Å². The van der Waals surface area contributed by atoms with Gasteiger partial charge in [0.2, 0.25) is 5.91 Å². The minimum atomic E-state index is -4.32. The van der Waals surface area contributed by atoms with E-state index in [0.29, 0.717) is 12.8 Å². The Morgan fingerprint density at radius 1 is 0.579 bits per heavy atom. The van der Waals surface area contributed by atoms with Gasteiger partial charge < -0.3 is 21.1 Å². The van der Waals surface area contributed by atoms with Gasteiger partial charge in [0.15, 0.2) is 0 Å². The molecule has 0 aliphatic carbocycles. The summed E-state index contributed by atoms with van der Waals surface area (Å²) in [6.07, 6.45) is 51.9. The third-order valence-corrected chi connectivity index (χ3v) is 12.0. The molecule has 0 rings (SSSR count). The monoisotopic (exact) mass is 827 g/mol. The first kappa shape index (κ1) is 56.0. The Morgan fingerprint density at radius 3 is 1.40 bits per heavy atom. The number of phosphoric acid groups is 1. The van der Waals surface area contributed by atoms with E-state index in [9.17, 15) is 19.4 Å². The summed E-state index contributed by atoms with van der Waals surface area (Å²) in [5, 5.41) is 13.9. The summed E-state index contributed by atoms with van der Waals surface area (Å²) in [4.78, 5) is 22.8. The van der Waals surface area contributed by atoms with Crippen LogP contribution in [0.5, 0.6) is 0 Å². The van der Waals surface area contributed by atoms with Gasteiger partial charge in [-0.1, -0.05) is 218 Å². The van der Waals surface area contributed by atoms with Gasteiger partial charge in [-0.25, -0.2) is 4.57 Å². The number of unbranched alkanes of at least 4 members (excludes halogenated alkanes) is 30. The molecule has 0 aromatic heterocycles. The van der Waals surface area contributed by atoms with Gasteiger partial charge in [-0.05, 0) is 44.9 Å². The fourth-order valence-corrected chi connectivity index (χ4v) is 8.10. The maximum Gasteiger partial charge on any atom is 0.472 e. The Kier molecular flexibility index (Phi) is 43.7. The molecular formula is C48H95N2O6P. The molecule has 0 heterocycles. The van der Waals surface area contributed by atoms with Gasteiger partial charge in [-0.3, -0.25) is 13.8 Å². The van der Waals surface area contributed by atoms with E-state index in [4.69, 9.17) is 14.8 Å². The number of hydrogen-bond donors (Lipinski definition) is 4. The Labute approximate surface area is 353 Å². The van der Waals surface area contributed by atoms with Gasteiger partial charge in [-0.15, -0.1) is 0 Å². The number of amides is 1. The minimum absolute atomic E-state index is 0.0882. The van der Waals surface area contributed by atoms with Gasteiger partial charge in [0.1, 0.15) is 0 Å². The summed E-state index contributed by atoms with van der Waals surface area (Å²) < 4.78 is 22.3. The smallest absolute Gasteiger partial charge is 0.391 e. The summed E-state index contributed by atoms with van der Waals surface area (Å²) in [5.41, 5.74) is 5.39. The van der Waals surface area contributed by atoms with Crippen molar-refractivity contribution in [2.75, 3.05) is 19.8 Å². The molecule has 0 aromatic carbocycles. The van der Waals surface area contributed by atoms with Gasteiger partial charge in [0.25, 0.3) is 0 Å². The lowest BCUT2D eigenvalue weighted by Crippen LogP contribution is -2.46. The first-order valence-electron chi connectivity index (χ1n) is 24.5. The van der Waals surface area contributed by atoms with E-state index in [-0.39, 0.29) is 25.7 Å². The zero-order valence-corrected chi connectivity index (χ0v) is 38.5. The van der Waals surface area contributed by atoms with Crippen molar-refractivity contribution >= 4 is 13.7 Å². The molecule has 0 radical (unpaired) electrons. The average molecular weight is 827 g/mol. The van der Waals surface area contributed by atoms with Crippen molar-refractivity contribution in [1.29, 1.82) is 0 Å². The highest BCUT2D eigenvalue weighted by molar-refractivity contribution is 7.47. The van der Waals surface area contributed by atoms with E-state index >= 15 is 0 Å². The van der Waals surface area contributed by atoms with Gasteiger partial charge in [-0.2, -0.15) is 0 Å². The number of hydrogen-bond acceptors (Lipinski definition) is 6. The van der Waals surface area contributed by atoms with Crippen molar-refractivity contribution in [2.24, 2.45) is 5.73 Å². The lowest BCUT2D eigenvalue weighted by atomic mass is 10.0. The zero-order valence-electron chi connectivity index (χ0n) is 37.6. The van der Waals surface area contributed by atoms with E-state index in [1.165, 1.54) is 167 Å². The quantitative estimate of drug-likeness (QED) is 0.0273. The first-order chi connectivity index (χ1) is 27.9. The van der Waals surface area contributed by atoms with Crippen molar-refractivity contribution in [3.63, 3.8) is 0 Å². The van der Waals surface area contributed by atoms with E-state index in [2.05, 4.69) is 43.5 Å². The summed E-state index contributed by atoms with van der Waals surface area (Å²) in [6, 6.07) is -0.777. The van der Waals surface area contributed by atoms with E-state index in [1.807, 2.05) is 0 Å². The van der Waals surface area contributed by atoms with Crippen molar-refractivity contribution in [3.05, 3.63) is 24.3 Å². The van der Waals surface area contributed by atoms with Gasteiger partial charge in [0, 0.05) is 13.0 Å².